The Bertz CT molecular complexity index is 700. The zero-order valence-corrected chi connectivity index (χ0v) is 15.9. The Morgan fingerprint density at radius 3 is 2.42 bits per heavy atom. The SMILES string of the molecule is COc1ccc(C(=O)N(C)C(C)C)cc1OCCOCc1ccccc1. The largest absolute Gasteiger partial charge is 0.493 e. The van der Waals surface area contributed by atoms with Gasteiger partial charge in [-0.2, -0.15) is 0 Å². The summed E-state index contributed by atoms with van der Waals surface area (Å²) in [6.07, 6.45) is 0. The van der Waals surface area contributed by atoms with E-state index in [9.17, 15) is 4.79 Å². The van der Waals surface area contributed by atoms with Gasteiger partial charge in [0.25, 0.3) is 5.91 Å². The van der Waals surface area contributed by atoms with E-state index in [2.05, 4.69) is 0 Å². The molecule has 0 atom stereocenters. The summed E-state index contributed by atoms with van der Waals surface area (Å²) in [5.41, 5.74) is 1.69. The van der Waals surface area contributed by atoms with E-state index >= 15 is 0 Å². The quantitative estimate of drug-likeness (QED) is 0.641. The smallest absolute Gasteiger partial charge is 0.253 e. The van der Waals surface area contributed by atoms with Crippen molar-refractivity contribution in [2.75, 3.05) is 27.4 Å². The number of carbonyl (C=O) groups is 1. The van der Waals surface area contributed by atoms with E-state index in [0.29, 0.717) is 36.9 Å². The predicted octanol–water partition coefficient (Wildman–Crippen LogP) is 3.77. The highest BCUT2D eigenvalue weighted by atomic mass is 16.5. The van der Waals surface area contributed by atoms with E-state index in [4.69, 9.17) is 14.2 Å². The number of rotatable bonds is 9. The molecule has 0 unspecified atom stereocenters. The van der Waals surface area contributed by atoms with Gasteiger partial charge in [0, 0.05) is 18.7 Å². The number of benzene rings is 2. The second kappa shape index (κ2) is 9.82. The molecule has 0 aliphatic carbocycles. The van der Waals surface area contributed by atoms with Gasteiger partial charge in [-0.1, -0.05) is 30.3 Å². The van der Waals surface area contributed by atoms with Crippen molar-refractivity contribution in [3.05, 3.63) is 59.7 Å². The molecule has 0 aliphatic rings. The fourth-order valence-electron chi connectivity index (χ4n) is 2.34. The number of hydrogen-bond acceptors (Lipinski definition) is 4. The number of amides is 1. The normalized spacial score (nSPS) is 10.7. The van der Waals surface area contributed by atoms with Crippen LogP contribution in [0.3, 0.4) is 0 Å². The van der Waals surface area contributed by atoms with E-state index in [-0.39, 0.29) is 11.9 Å². The van der Waals surface area contributed by atoms with Crippen LogP contribution in [-0.2, 0) is 11.3 Å². The number of carbonyl (C=O) groups excluding carboxylic acids is 1. The Kier molecular flexibility index (Phi) is 7.48. The standard InChI is InChI=1S/C21H27NO4/c1-16(2)22(3)21(23)18-10-11-19(24-4)20(14-18)26-13-12-25-15-17-8-6-5-7-9-17/h5-11,14,16H,12-13,15H2,1-4H3. The van der Waals surface area contributed by atoms with E-state index in [0.717, 1.165) is 5.56 Å². The van der Waals surface area contributed by atoms with Gasteiger partial charge in [0.05, 0.1) is 20.3 Å². The maximum atomic E-state index is 12.5. The third kappa shape index (κ3) is 5.49. The van der Waals surface area contributed by atoms with E-state index in [1.165, 1.54) is 0 Å². The Labute approximate surface area is 155 Å². The van der Waals surface area contributed by atoms with Gasteiger partial charge in [0.15, 0.2) is 11.5 Å². The minimum Gasteiger partial charge on any atom is -0.493 e. The molecule has 0 aromatic heterocycles. The summed E-state index contributed by atoms with van der Waals surface area (Å²) in [6.45, 7) is 5.31. The maximum Gasteiger partial charge on any atom is 0.253 e. The summed E-state index contributed by atoms with van der Waals surface area (Å²) in [5.74, 6) is 1.09. The summed E-state index contributed by atoms with van der Waals surface area (Å²) >= 11 is 0. The first-order valence-electron chi connectivity index (χ1n) is 8.72. The second-order valence-electron chi connectivity index (χ2n) is 6.26. The van der Waals surface area contributed by atoms with Crippen molar-refractivity contribution in [2.24, 2.45) is 0 Å². The second-order valence-corrected chi connectivity index (χ2v) is 6.26. The van der Waals surface area contributed by atoms with Gasteiger partial charge in [-0.25, -0.2) is 0 Å². The molecule has 5 nitrogen and oxygen atoms in total. The van der Waals surface area contributed by atoms with Crippen molar-refractivity contribution in [1.29, 1.82) is 0 Å². The third-order valence-electron chi connectivity index (χ3n) is 4.10. The molecule has 2 rings (SSSR count). The van der Waals surface area contributed by atoms with E-state index in [1.807, 2.05) is 44.2 Å². The molecule has 0 N–H and O–H groups in total. The van der Waals surface area contributed by atoms with Gasteiger partial charge in [0.1, 0.15) is 6.61 Å². The summed E-state index contributed by atoms with van der Waals surface area (Å²) < 4.78 is 16.7. The van der Waals surface area contributed by atoms with Crippen LogP contribution in [0.5, 0.6) is 11.5 Å². The molecule has 2 aromatic carbocycles. The maximum absolute atomic E-state index is 12.5. The van der Waals surface area contributed by atoms with Crippen LogP contribution in [0.15, 0.2) is 48.5 Å². The minimum absolute atomic E-state index is 0.0483. The monoisotopic (exact) mass is 357 g/mol. The molecule has 26 heavy (non-hydrogen) atoms. The van der Waals surface area contributed by atoms with Gasteiger partial charge >= 0.3 is 0 Å². The molecule has 0 aliphatic heterocycles. The summed E-state index contributed by atoms with van der Waals surface area (Å²) in [6, 6.07) is 15.3. The van der Waals surface area contributed by atoms with Crippen molar-refractivity contribution >= 4 is 5.91 Å². The summed E-state index contributed by atoms with van der Waals surface area (Å²) in [5, 5.41) is 0. The van der Waals surface area contributed by atoms with Crippen molar-refractivity contribution in [3.63, 3.8) is 0 Å². The Hall–Kier alpha value is -2.53. The summed E-state index contributed by atoms with van der Waals surface area (Å²) in [7, 11) is 3.37. The van der Waals surface area contributed by atoms with Crippen LogP contribution in [0, 0.1) is 0 Å². The van der Waals surface area contributed by atoms with Gasteiger partial charge in [-0.15, -0.1) is 0 Å². The molecule has 0 bridgehead atoms. The molecule has 140 valence electrons. The first-order chi connectivity index (χ1) is 12.5. The van der Waals surface area contributed by atoms with Gasteiger partial charge in [-0.3, -0.25) is 4.79 Å². The van der Waals surface area contributed by atoms with E-state index in [1.54, 1.807) is 37.3 Å². The number of nitrogens with zero attached hydrogens (tertiary/aromatic N) is 1. The number of hydrogen-bond donors (Lipinski definition) is 0. The third-order valence-corrected chi connectivity index (χ3v) is 4.10. The average Bonchev–Trinajstić information content (AvgIpc) is 2.67. The van der Waals surface area contributed by atoms with Crippen molar-refractivity contribution < 1.29 is 19.0 Å². The molecule has 0 radical (unpaired) electrons. The number of ether oxygens (including phenoxy) is 3. The van der Waals surface area contributed by atoms with Crippen LogP contribution in [0.2, 0.25) is 0 Å². The Balaban J connectivity index is 1.92. The average molecular weight is 357 g/mol. The zero-order valence-electron chi connectivity index (χ0n) is 15.9. The first-order valence-corrected chi connectivity index (χ1v) is 8.72. The molecule has 5 heteroatoms. The van der Waals surface area contributed by atoms with E-state index < -0.39 is 0 Å². The molecular weight excluding hydrogens is 330 g/mol. The molecule has 2 aromatic rings. The molecule has 0 fully saturated rings. The lowest BCUT2D eigenvalue weighted by Crippen LogP contribution is -2.32. The molecular formula is C21H27NO4. The van der Waals surface area contributed by atoms with Crippen molar-refractivity contribution in [3.8, 4) is 11.5 Å². The van der Waals surface area contributed by atoms with Crippen LogP contribution in [0.25, 0.3) is 0 Å². The van der Waals surface area contributed by atoms with Gasteiger partial charge in [0.2, 0.25) is 0 Å². The molecule has 0 spiro atoms. The fourth-order valence-corrected chi connectivity index (χ4v) is 2.34. The van der Waals surface area contributed by atoms with Gasteiger partial charge in [-0.05, 0) is 37.6 Å². The van der Waals surface area contributed by atoms with Crippen LogP contribution < -0.4 is 9.47 Å². The van der Waals surface area contributed by atoms with Crippen molar-refractivity contribution in [2.45, 2.75) is 26.5 Å². The Morgan fingerprint density at radius 2 is 1.77 bits per heavy atom. The van der Waals surface area contributed by atoms with Crippen LogP contribution >= 0.6 is 0 Å². The highest BCUT2D eigenvalue weighted by Gasteiger charge is 2.16. The first kappa shape index (κ1) is 19.8. The van der Waals surface area contributed by atoms with Gasteiger partial charge < -0.3 is 19.1 Å². The highest BCUT2D eigenvalue weighted by molar-refractivity contribution is 5.94. The lowest BCUT2D eigenvalue weighted by molar-refractivity contribution is 0.0753. The fraction of sp³-hybridized carbons (Fsp3) is 0.381. The van der Waals surface area contributed by atoms with Crippen LogP contribution in [-0.4, -0.2) is 44.2 Å². The zero-order chi connectivity index (χ0) is 18.9. The molecule has 0 saturated heterocycles. The highest BCUT2D eigenvalue weighted by Crippen LogP contribution is 2.28. The van der Waals surface area contributed by atoms with Crippen molar-refractivity contribution in [1.82, 2.24) is 4.90 Å². The Morgan fingerprint density at radius 1 is 1.04 bits per heavy atom. The summed E-state index contributed by atoms with van der Waals surface area (Å²) in [4.78, 5) is 14.2. The molecule has 0 heterocycles. The molecule has 0 saturated carbocycles. The lowest BCUT2D eigenvalue weighted by Gasteiger charge is -2.22. The minimum atomic E-state index is -0.0483. The number of methoxy groups -OCH3 is 1. The topological polar surface area (TPSA) is 48.0 Å². The lowest BCUT2D eigenvalue weighted by atomic mass is 10.1. The predicted molar refractivity (Wildman–Crippen MR) is 102 cm³/mol. The molecule has 1 amide bonds. The van der Waals surface area contributed by atoms with Crippen LogP contribution in [0.1, 0.15) is 29.8 Å². The van der Waals surface area contributed by atoms with Crippen LogP contribution in [0.4, 0.5) is 0 Å².